The number of rotatable bonds is 6. The van der Waals surface area contributed by atoms with Crippen LogP contribution in [-0.2, 0) is 0 Å². The molecule has 18 heavy (non-hydrogen) atoms. The van der Waals surface area contributed by atoms with Gasteiger partial charge in [0.05, 0.1) is 0 Å². The van der Waals surface area contributed by atoms with Gasteiger partial charge >= 0.3 is 0 Å². The lowest BCUT2D eigenvalue weighted by Crippen LogP contribution is -2.01. The third-order valence-corrected chi connectivity index (χ3v) is 3.72. The molecule has 0 aliphatic heterocycles. The van der Waals surface area contributed by atoms with E-state index in [1.165, 1.54) is 5.56 Å². The van der Waals surface area contributed by atoms with Crippen LogP contribution in [0.3, 0.4) is 0 Å². The minimum absolute atomic E-state index is 0.470. The summed E-state index contributed by atoms with van der Waals surface area (Å²) in [4.78, 5) is 8.46. The van der Waals surface area contributed by atoms with Gasteiger partial charge in [-0.15, -0.1) is 6.58 Å². The van der Waals surface area contributed by atoms with Gasteiger partial charge in [-0.2, -0.15) is 0 Å². The van der Waals surface area contributed by atoms with Crippen molar-refractivity contribution < 1.29 is 0 Å². The van der Waals surface area contributed by atoms with Crippen LogP contribution >= 0.6 is 11.8 Å². The maximum Gasteiger partial charge on any atom is 0.187 e. The lowest BCUT2D eigenvalue weighted by atomic mass is 9.98. The highest BCUT2D eigenvalue weighted by molar-refractivity contribution is 7.99. The van der Waals surface area contributed by atoms with Crippen LogP contribution < -0.4 is 0 Å². The van der Waals surface area contributed by atoms with Gasteiger partial charge in [-0.05, 0) is 24.0 Å². The van der Waals surface area contributed by atoms with Crippen molar-refractivity contribution in [2.45, 2.75) is 17.5 Å². The van der Waals surface area contributed by atoms with Crippen molar-refractivity contribution in [3.63, 3.8) is 0 Å². The van der Waals surface area contributed by atoms with Crippen LogP contribution in [0.5, 0.6) is 0 Å². The summed E-state index contributed by atoms with van der Waals surface area (Å²) in [5, 5.41) is 0.836. The summed E-state index contributed by atoms with van der Waals surface area (Å²) in [5.41, 5.74) is 1.35. The fraction of sp³-hybridized carbons (Fsp3) is 0.200. The predicted octanol–water partition coefficient (Wildman–Crippen LogP) is 3.93. The second kappa shape index (κ2) is 6.97. The molecule has 0 spiro atoms. The molecule has 0 saturated heterocycles. The average Bonchev–Trinajstić information content (AvgIpc) is 2.45. The summed E-state index contributed by atoms with van der Waals surface area (Å²) < 4.78 is 0. The van der Waals surface area contributed by atoms with Crippen molar-refractivity contribution >= 4 is 11.8 Å². The highest BCUT2D eigenvalue weighted by atomic mass is 32.2. The average molecular weight is 256 g/mol. The molecule has 0 N–H and O–H groups in total. The van der Waals surface area contributed by atoms with E-state index in [1.807, 2.05) is 18.2 Å². The van der Waals surface area contributed by atoms with Gasteiger partial charge in [0.25, 0.3) is 0 Å². The van der Waals surface area contributed by atoms with Crippen molar-refractivity contribution in [1.82, 2.24) is 9.97 Å². The van der Waals surface area contributed by atoms with Gasteiger partial charge in [0.15, 0.2) is 5.16 Å². The fourth-order valence-corrected chi connectivity index (χ4v) is 2.71. The Labute approximate surface area is 112 Å². The van der Waals surface area contributed by atoms with E-state index in [0.29, 0.717) is 5.92 Å². The Hall–Kier alpha value is -1.61. The second-order valence-corrected chi connectivity index (χ2v) is 4.96. The van der Waals surface area contributed by atoms with E-state index in [2.05, 4.69) is 40.8 Å². The van der Waals surface area contributed by atoms with E-state index in [4.69, 9.17) is 0 Å². The molecule has 2 aromatic rings. The molecule has 1 heterocycles. The first-order valence-corrected chi connectivity index (χ1v) is 6.94. The molecule has 0 amide bonds. The highest BCUT2D eigenvalue weighted by Crippen LogP contribution is 2.26. The Morgan fingerprint density at radius 3 is 2.50 bits per heavy atom. The molecule has 2 nitrogen and oxygen atoms in total. The van der Waals surface area contributed by atoms with Crippen LogP contribution in [0.15, 0.2) is 66.6 Å². The number of benzene rings is 1. The van der Waals surface area contributed by atoms with Crippen molar-refractivity contribution in [3.8, 4) is 0 Å². The summed E-state index contributed by atoms with van der Waals surface area (Å²) >= 11 is 1.69. The number of aromatic nitrogens is 2. The Morgan fingerprint density at radius 2 is 1.83 bits per heavy atom. The molecule has 3 heteroatoms. The first-order valence-electron chi connectivity index (χ1n) is 5.96. The normalized spacial score (nSPS) is 12.0. The molecule has 0 saturated carbocycles. The Balaban J connectivity index is 2.01. The van der Waals surface area contributed by atoms with Crippen LogP contribution in [0.4, 0.5) is 0 Å². The van der Waals surface area contributed by atoms with Crippen LogP contribution in [0.25, 0.3) is 0 Å². The highest BCUT2D eigenvalue weighted by Gasteiger charge is 2.10. The zero-order chi connectivity index (χ0) is 12.6. The minimum atomic E-state index is 0.470. The molecular weight excluding hydrogens is 240 g/mol. The van der Waals surface area contributed by atoms with Crippen LogP contribution in [0.1, 0.15) is 17.9 Å². The lowest BCUT2D eigenvalue weighted by molar-refractivity contribution is 0.791. The van der Waals surface area contributed by atoms with Gasteiger partial charge in [-0.25, -0.2) is 9.97 Å². The molecule has 0 unspecified atom stereocenters. The molecule has 2 rings (SSSR count). The largest absolute Gasteiger partial charge is 0.231 e. The lowest BCUT2D eigenvalue weighted by Gasteiger charge is -2.14. The molecule has 0 aliphatic carbocycles. The number of hydrogen-bond donors (Lipinski definition) is 0. The van der Waals surface area contributed by atoms with Crippen molar-refractivity contribution in [1.29, 1.82) is 0 Å². The van der Waals surface area contributed by atoms with E-state index < -0.39 is 0 Å². The molecule has 0 fully saturated rings. The minimum Gasteiger partial charge on any atom is -0.231 e. The quantitative estimate of drug-likeness (QED) is 0.445. The standard InChI is InChI=1S/C15H16N2S/c1-2-7-14(13-8-4-3-5-9-13)12-18-15-16-10-6-11-17-15/h2-6,8-11,14H,1,7,12H2/t14-/m1/s1. The molecule has 92 valence electrons. The number of nitrogens with zero attached hydrogens (tertiary/aromatic N) is 2. The van der Waals surface area contributed by atoms with Gasteiger partial charge in [0, 0.05) is 18.1 Å². The van der Waals surface area contributed by atoms with Crippen molar-refractivity contribution in [2.24, 2.45) is 0 Å². The van der Waals surface area contributed by atoms with E-state index in [9.17, 15) is 0 Å². The SMILES string of the molecule is C=CC[C@H](CSc1ncccn1)c1ccccc1. The topological polar surface area (TPSA) is 25.8 Å². The predicted molar refractivity (Wildman–Crippen MR) is 76.8 cm³/mol. The first-order chi connectivity index (χ1) is 8.90. The Kier molecular flexibility index (Phi) is 4.97. The van der Waals surface area contributed by atoms with Gasteiger partial charge in [-0.1, -0.05) is 48.2 Å². The smallest absolute Gasteiger partial charge is 0.187 e. The van der Waals surface area contributed by atoms with Gasteiger partial charge < -0.3 is 0 Å². The molecule has 0 aliphatic rings. The summed E-state index contributed by atoms with van der Waals surface area (Å²) in [5.74, 6) is 1.44. The van der Waals surface area contributed by atoms with Gasteiger partial charge in [-0.3, -0.25) is 0 Å². The molecule has 0 radical (unpaired) electrons. The van der Waals surface area contributed by atoms with E-state index in [1.54, 1.807) is 24.2 Å². The third-order valence-electron chi connectivity index (χ3n) is 2.68. The molecular formula is C15H16N2S. The molecule has 1 atom stereocenters. The summed E-state index contributed by atoms with van der Waals surface area (Å²) in [6.45, 7) is 3.84. The maximum atomic E-state index is 4.23. The second-order valence-electron chi connectivity index (χ2n) is 3.97. The van der Waals surface area contributed by atoms with Crippen molar-refractivity contribution in [3.05, 3.63) is 67.0 Å². The van der Waals surface area contributed by atoms with E-state index >= 15 is 0 Å². The molecule has 1 aromatic carbocycles. The maximum absolute atomic E-state index is 4.23. The van der Waals surface area contributed by atoms with Crippen LogP contribution in [-0.4, -0.2) is 15.7 Å². The number of hydrogen-bond acceptors (Lipinski definition) is 3. The van der Waals surface area contributed by atoms with E-state index in [0.717, 1.165) is 17.3 Å². The first kappa shape index (κ1) is 12.8. The zero-order valence-electron chi connectivity index (χ0n) is 10.2. The van der Waals surface area contributed by atoms with Gasteiger partial charge in [0.1, 0.15) is 0 Å². The third kappa shape index (κ3) is 3.70. The summed E-state index contributed by atoms with van der Waals surface area (Å²) in [7, 11) is 0. The summed E-state index contributed by atoms with van der Waals surface area (Å²) in [6.07, 6.45) is 6.51. The van der Waals surface area contributed by atoms with Gasteiger partial charge in [0.2, 0.25) is 0 Å². The Bertz CT molecular complexity index is 470. The number of allylic oxidation sites excluding steroid dienone is 1. The zero-order valence-corrected chi connectivity index (χ0v) is 11.0. The van der Waals surface area contributed by atoms with E-state index in [-0.39, 0.29) is 0 Å². The fourth-order valence-electron chi connectivity index (χ4n) is 1.76. The summed E-state index contributed by atoms with van der Waals surface area (Å²) in [6, 6.07) is 12.4. The van der Waals surface area contributed by atoms with Crippen LogP contribution in [0.2, 0.25) is 0 Å². The van der Waals surface area contributed by atoms with Crippen molar-refractivity contribution in [2.75, 3.05) is 5.75 Å². The molecule has 1 aromatic heterocycles. The molecule has 0 bridgehead atoms. The monoisotopic (exact) mass is 256 g/mol. The van der Waals surface area contributed by atoms with Crippen LogP contribution in [0, 0.1) is 0 Å². The number of thioether (sulfide) groups is 1. The Morgan fingerprint density at radius 1 is 1.11 bits per heavy atom.